The summed E-state index contributed by atoms with van der Waals surface area (Å²) in [6, 6.07) is 16.5. The zero-order valence-electron chi connectivity index (χ0n) is 17.6. The van der Waals surface area contributed by atoms with E-state index in [1.165, 1.54) is 11.8 Å². The van der Waals surface area contributed by atoms with Crippen molar-refractivity contribution >= 4 is 35.2 Å². The Kier molecular flexibility index (Phi) is 6.48. The zero-order valence-corrected chi connectivity index (χ0v) is 19.1. The molecule has 4 rings (SSSR count). The van der Waals surface area contributed by atoms with Crippen LogP contribution in [0.4, 0.5) is 5.88 Å². The third-order valence-corrected chi connectivity index (χ3v) is 5.89. The first kappa shape index (κ1) is 21.9. The van der Waals surface area contributed by atoms with Gasteiger partial charge in [0.1, 0.15) is 5.75 Å². The molecule has 0 saturated heterocycles. The monoisotopic (exact) mass is 469 g/mol. The first-order chi connectivity index (χ1) is 15.5. The largest absolute Gasteiger partial charge is 0.496 e. The standard InChI is InChI=1S/C22H20ClN5O3S/c1-13-12-19(31-27-13)24-21(29)14(2)32-22-26-25-20(17-6-4-5-7-18(17)30-3)28(22)16-10-8-15(23)9-11-16/h4-12,14H,1-3H3,(H,24,29). The van der Waals surface area contributed by atoms with Gasteiger partial charge in [0.15, 0.2) is 11.0 Å². The molecule has 0 spiro atoms. The fraction of sp³-hybridized carbons (Fsp3) is 0.182. The molecule has 1 atom stereocenters. The molecule has 0 aliphatic heterocycles. The molecule has 10 heteroatoms. The summed E-state index contributed by atoms with van der Waals surface area (Å²) >= 11 is 7.36. The van der Waals surface area contributed by atoms with Gasteiger partial charge >= 0.3 is 0 Å². The van der Waals surface area contributed by atoms with Gasteiger partial charge in [-0.2, -0.15) is 0 Å². The minimum absolute atomic E-state index is 0.240. The highest BCUT2D eigenvalue weighted by atomic mass is 35.5. The number of carbonyl (C=O) groups is 1. The first-order valence-electron chi connectivity index (χ1n) is 9.72. The second-order valence-electron chi connectivity index (χ2n) is 6.90. The lowest BCUT2D eigenvalue weighted by Crippen LogP contribution is -2.22. The lowest BCUT2D eigenvalue weighted by molar-refractivity contribution is -0.115. The molecule has 1 amide bonds. The molecule has 0 bridgehead atoms. The molecular weight excluding hydrogens is 450 g/mol. The van der Waals surface area contributed by atoms with E-state index in [1.807, 2.05) is 41.0 Å². The number of nitrogens with zero attached hydrogens (tertiary/aromatic N) is 4. The van der Waals surface area contributed by atoms with Crippen LogP contribution in [-0.2, 0) is 4.79 Å². The summed E-state index contributed by atoms with van der Waals surface area (Å²) in [6.07, 6.45) is 0. The number of aryl methyl sites for hydroxylation is 1. The maximum Gasteiger partial charge on any atom is 0.240 e. The van der Waals surface area contributed by atoms with Crippen LogP contribution in [0.15, 0.2) is 64.3 Å². The number of amides is 1. The maximum absolute atomic E-state index is 12.7. The van der Waals surface area contributed by atoms with Gasteiger partial charge in [0.2, 0.25) is 11.8 Å². The molecule has 2 heterocycles. The smallest absolute Gasteiger partial charge is 0.240 e. The average Bonchev–Trinajstić information content (AvgIpc) is 3.40. The summed E-state index contributed by atoms with van der Waals surface area (Å²) in [7, 11) is 1.61. The van der Waals surface area contributed by atoms with E-state index in [2.05, 4.69) is 20.7 Å². The van der Waals surface area contributed by atoms with Gasteiger partial charge in [0.05, 0.1) is 23.6 Å². The minimum atomic E-state index is -0.485. The Labute approximate surface area is 193 Å². The van der Waals surface area contributed by atoms with Crippen LogP contribution in [0.5, 0.6) is 5.75 Å². The van der Waals surface area contributed by atoms with Crippen molar-refractivity contribution in [1.82, 2.24) is 19.9 Å². The van der Waals surface area contributed by atoms with Gasteiger partial charge in [0.25, 0.3) is 0 Å². The maximum atomic E-state index is 12.7. The number of aromatic nitrogens is 4. The Morgan fingerprint density at radius 3 is 2.62 bits per heavy atom. The van der Waals surface area contributed by atoms with Crippen LogP contribution in [0.2, 0.25) is 5.02 Å². The Balaban J connectivity index is 1.69. The quantitative estimate of drug-likeness (QED) is 0.380. The van der Waals surface area contributed by atoms with Crippen molar-refractivity contribution in [1.29, 1.82) is 0 Å². The van der Waals surface area contributed by atoms with E-state index in [0.717, 1.165) is 11.3 Å². The van der Waals surface area contributed by atoms with Crippen molar-refractivity contribution in [2.45, 2.75) is 24.3 Å². The number of hydrogen-bond acceptors (Lipinski definition) is 7. The molecule has 0 aliphatic rings. The highest BCUT2D eigenvalue weighted by Gasteiger charge is 2.24. The number of para-hydroxylation sites is 1. The van der Waals surface area contributed by atoms with E-state index in [4.69, 9.17) is 20.9 Å². The highest BCUT2D eigenvalue weighted by Crippen LogP contribution is 2.34. The first-order valence-corrected chi connectivity index (χ1v) is 11.0. The van der Waals surface area contributed by atoms with Crippen LogP contribution < -0.4 is 10.1 Å². The second-order valence-corrected chi connectivity index (χ2v) is 8.64. The number of nitrogens with one attached hydrogen (secondary N) is 1. The van der Waals surface area contributed by atoms with Crippen LogP contribution in [0.25, 0.3) is 17.1 Å². The fourth-order valence-electron chi connectivity index (χ4n) is 3.03. The number of thioether (sulfide) groups is 1. The molecule has 0 radical (unpaired) electrons. The van der Waals surface area contributed by atoms with Crippen LogP contribution in [0.1, 0.15) is 12.6 Å². The molecule has 4 aromatic rings. The number of methoxy groups -OCH3 is 1. The molecule has 164 valence electrons. The number of benzene rings is 2. The van der Waals surface area contributed by atoms with Crippen molar-refractivity contribution in [3.05, 3.63) is 65.3 Å². The second kappa shape index (κ2) is 9.46. The molecule has 0 saturated carbocycles. The number of hydrogen-bond donors (Lipinski definition) is 1. The lowest BCUT2D eigenvalue weighted by Gasteiger charge is -2.14. The third kappa shape index (κ3) is 4.63. The van der Waals surface area contributed by atoms with Crippen LogP contribution >= 0.6 is 23.4 Å². The van der Waals surface area contributed by atoms with Crippen molar-refractivity contribution in [2.75, 3.05) is 12.4 Å². The summed E-state index contributed by atoms with van der Waals surface area (Å²) in [5.74, 6) is 1.31. The Hall–Kier alpha value is -3.30. The number of anilines is 1. The number of halogens is 1. The summed E-state index contributed by atoms with van der Waals surface area (Å²) in [4.78, 5) is 12.7. The Bertz CT molecular complexity index is 1240. The molecule has 32 heavy (non-hydrogen) atoms. The Morgan fingerprint density at radius 1 is 1.19 bits per heavy atom. The summed E-state index contributed by atoms with van der Waals surface area (Å²) in [5.41, 5.74) is 2.27. The van der Waals surface area contributed by atoms with Gasteiger partial charge < -0.3 is 9.26 Å². The van der Waals surface area contributed by atoms with Gasteiger partial charge in [-0.3, -0.25) is 14.7 Å². The minimum Gasteiger partial charge on any atom is -0.496 e. The molecular formula is C22H20ClN5O3S. The summed E-state index contributed by atoms with van der Waals surface area (Å²) in [6.45, 7) is 3.57. The van der Waals surface area contributed by atoms with E-state index in [9.17, 15) is 4.79 Å². The summed E-state index contributed by atoms with van der Waals surface area (Å²) in [5, 5.41) is 16.0. The number of ether oxygens (including phenoxy) is 1. The molecule has 2 aromatic heterocycles. The van der Waals surface area contributed by atoms with E-state index >= 15 is 0 Å². The molecule has 0 aliphatic carbocycles. The van der Waals surface area contributed by atoms with Crippen molar-refractivity contribution in [3.8, 4) is 22.8 Å². The predicted molar refractivity (Wildman–Crippen MR) is 124 cm³/mol. The molecule has 2 aromatic carbocycles. The van der Waals surface area contributed by atoms with Crippen LogP contribution in [0.3, 0.4) is 0 Å². The van der Waals surface area contributed by atoms with Gasteiger partial charge in [-0.15, -0.1) is 10.2 Å². The fourth-order valence-corrected chi connectivity index (χ4v) is 4.02. The molecule has 8 nitrogen and oxygen atoms in total. The predicted octanol–water partition coefficient (Wildman–Crippen LogP) is 5.01. The number of carbonyl (C=O) groups excluding carboxylic acids is 1. The van der Waals surface area contributed by atoms with Gasteiger partial charge in [-0.1, -0.05) is 40.7 Å². The molecule has 1 unspecified atom stereocenters. The van der Waals surface area contributed by atoms with E-state index < -0.39 is 5.25 Å². The average molecular weight is 470 g/mol. The SMILES string of the molecule is COc1ccccc1-c1nnc(SC(C)C(=O)Nc2cc(C)no2)n1-c1ccc(Cl)cc1. The highest BCUT2D eigenvalue weighted by molar-refractivity contribution is 8.00. The topological polar surface area (TPSA) is 95.1 Å². The van der Waals surface area contributed by atoms with Gasteiger partial charge in [0, 0.05) is 16.8 Å². The van der Waals surface area contributed by atoms with E-state index in [0.29, 0.717) is 33.3 Å². The van der Waals surface area contributed by atoms with E-state index in [-0.39, 0.29) is 5.91 Å². The molecule has 0 fully saturated rings. The van der Waals surface area contributed by atoms with E-state index in [1.54, 1.807) is 39.2 Å². The van der Waals surface area contributed by atoms with Crippen molar-refractivity contribution in [2.24, 2.45) is 0 Å². The normalized spacial score (nSPS) is 11.9. The van der Waals surface area contributed by atoms with Crippen LogP contribution in [-0.4, -0.2) is 38.2 Å². The van der Waals surface area contributed by atoms with Crippen LogP contribution in [0, 0.1) is 6.92 Å². The lowest BCUT2D eigenvalue weighted by atomic mass is 10.2. The van der Waals surface area contributed by atoms with Crippen molar-refractivity contribution < 1.29 is 14.1 Å². The van der Waals surface area contributed by atoms with Gasteiger partial charge in [-0.25, -0.2) is 0 Å². The third-order valence-electron chi connectivity index (χ3n) is 4.59. The zero-order chi connectivity index (χ0) is 22.7. The molecule has 1 N–H and O–H groups in total. The Morgan fingerprint density at radius 2 is 1.94 bits per heavy atom. The van der Waals surface area contributed by atoms with Crippen molar-refractivity contribution in [3.63, 3.8) is 0 Å². The van der Waals surface area contributed by atoms with Gasteiger partial charge in [-0.05, 0) is 50.2 Å². The summed E-state index contributed by atoms with van der Waals surface area (Å²) < 4.78 is 12.5. The number of rotatable bonds is 7.